The fourth-order valence-corrected chi connectivity index (χ4v) is 3.46. The van der Waals surface area contributed by atoms with Gasteiger partial charge in [-0.1, -0.05) is 18.2 Å². The Hall–Kier alpha value is -0.450. The Bertz CT molecular complexity index is 431. The van der Waals surface area contributed by atoms with Crippen molar-refractivity contribution in [2.75, 3.05) is 0 Å². The summed E-state index contributed by atoms with van der Waals surface area (Å²) in [5, 5.41) is 0. The van der Waals surface area contributed by atoms with Crippen LogP contribution in [0.5, 0.6) is 0 Å². The number of nitrogens with one attached hydrogen (secondary N) is 1. The van der Waals surface area contributed by atoms with E-state index in [1.165, 1.54) is 0 Å². The molecule has 0 saturated carbocycles. The highest BCUT2D eigenvalue weighted by Gasteiger charge is 2.10. The molecule has 0 saturated heterocycles. The topological polar surface area (TPSA) is 12.0 Å². The van der Waals surface area contributed by atoms with Gasteiger partial charge in [0.2, 0.25) is 0 Å². The van der Waals surface area contributed by atoms with Gasteiger partial charge in [-0.25, -0.2) is 0 Å². The fraction of sp³-hybridized carbons (Fsp3) is 0. The van der Waals surface area contributed by atoms with Crippen LogP contribution in [0.2, 0.25) is 0 Å². The summed E-state index contributed by atoms with van der Waals surface area (Å²) in [6.07, 6.45) is 3.84. The summed E-state index contributed by atoms with van der Waals surface area (Å²) in [6.45, 7) is 0. The molecule has 1 nitrogen and oxygen atoms in total. The SMILES string of the molecule is S=S1(=S)NC=Cc2ccccc21. The normalized spacial score (nSPS) is 18.0. The molecule has 0 spiro atoms. The molecule has 0 amide bonds. The van der Waals surface area contributed by atoms with E-state index in [0.29, 0.717) is 0 Å². The summed E-state index contributed by atoms with van der Waals surface area (Å²) >= 11 is 10.6. The maximum atomic E-state index is 5.29. The van der Waals surface area contributed by atoms with Crippen molar-refractivity contribution in [3.8, 4) is 0 Å². The van der Waals surface area contributed by atoms with E-state index in [1.54, 1.807) is 0 Å². The lowest BCUT2D eigenvalue weighted by atomic mass is 10.2. The summed E-state index contributed by atoms with van der Waals surface area (Å²) in [5.74, 6) is 0. The van der Waals surface area contributed by atoms with E-state index < -0.39 is 7.33 Å². The third-order valence-corrected chi connectivity index (χ3v) is 4.75. The minimum atomic E-state index is -1.61. The number of rotatable bonds is 0. The van der Waals surface area contributed by atoms with E-state index in [4.69, 9.17) is 22.4 Å². The summed E-state index contributed by atoms with van der Waals surface area (Å²) in [4.78, 5) is 1.08. The maximum Gasteiger partial charge on any atom is 0.0415 e. The summed E-state index contributed by atoms with van der Waals surface area (Å²) in [7, 11) is -1.61. The second-order valence-corrected chi connectivity index (χ2v) is 7.81. The molecule has 1 heterocycles. The predicted molar refractivity (Wildman–Crippen MR) is 59.0 cm³/mol. The van der Waals surface area contributed by atoms with Crippen LogP contribution >= 0.6 is 0 Å². The molecule has 0 atom stereocenters. The first-order chi connectivity index (χ1) is 5.70. The Labute approximate surface area is 81.4 Å². The van der Waals surface area contributed by atoms with Crippen LogP contribution in [0.25, 0.3) is 6.08 Å². The zero-order chi connectivity index (χ0) is 8.60. The van der Waals surface area contributed by atoms with Crippen molar-refractivity contribution in [1.82, 2.24) is 4.72 Å². The summed E-state index contributed by atoms with van der Waals surface area (Å²) in [6, 6.07) is 8.00. The molecule has 0 unspecified atom stereocenters. The summed E-state index contributed by atoms with van der Waals surface area (Å²) < 4.78 is 3.05. The van der Waals surface area contributed by atoms with Crippen LogP contribution in [-0.4, -0.2) is 0 Å². The van der Waals surface area contributed by atoms with E-state index >= 15 is 0 Å². The average molecular weight is 213 g/mol. The van der Waals surface area contributed by atoms with Gasteiger partial charge in [-0.05, 0) is 40.1 Å². The highest BCUT2D eigenvalue weighted by molar-refractivity contribution is 8.55. The zero-order valence-corrected chi connectivity index (χ0v) is 8.64. The van der Waals surface area contributed by atoms with Crippen molar-refractivity contribution in [2.24, 2.45) is 0 Å². The molecular formula is C8H7NS3. The highest BCUT2D eigenvalue weighted by atomic mass is 33.1. The Morgan fingerprint density at radius 2 is 1.92 bits per heavy atom. The van der Waals surface area contributed by atoms with Crippen LogP contribution < -0.4 is 4.72 Å². The Morgan fingerprint density at radius 1 is 1.17 bits per heavy atom. The monoisotopic (exact) mass is 213 g/mol. The van der Waals surface area contributed by atoms with E-state index in [1.807, 2.05) is 36.5 Å². The van der Waals surface area contributed by atoms with Crippen LogP contribution in [-0.2, 0) is 29.7 Å². The third kappa shape index (κ3) is 1.26. The van der Waals surface area contributed by atoms with Crippen LogP contribution in [0, 0.1) is 0 Å². The van der Waals surface area contributed by atoms with Crippen molar-refractivity contribution in [1.29, 1.82) is 0 Å². The molecule has 0 bridgehead atoms. The quantitative estimate of drug-likeness (QED) is 0.703. The molecule has 1 aliphatic rings. The number of benzene rings is 1. The van der Waals surface area contributed by atoms with E-state index in [2.05, 4.69) is 4.72 Å². The van der Waals surface area contributed by atoms with Gasteiger partial charge in [0.25, 0.3) is 0 Å². The molecule has 12 heavy (non-hydrogen) atoms. The lowest BCUT2D eigenvalue weighted by molar-refractivity contribution is 1.31. The Morgan fingerprint density at radius 3 is 2.67 bits per heavy atom. The molecule has 0 aromatic heterocycles. The van der Waals surface area contributed by atoms with Gasteiger partial charge in [0, 0.05) is 18.4 Å². The van der Waals surface area contributed by atoms with Gasteiger partial charge >= 0.3 is 0 Å². The van der Waals surface area contributed by atoms with Gasteiger partial charge < -0.3 is 4.72 Å². The molecule has 0 aliphatic carbocycles. The fourth-order valence-electron chi connectivity index (χ4n) is 1.14. The number of fused-ring (bicyclic) bond motifs is 1. The maximum absolute atomic E-state index is 5.29. The first-order valence-electron chi connectivity index (χ1n) is 3.48. The lowest BCUT2D eigenvalue weighted by Crippen LogP contribution is -2.19. The third-order valence-electron chi connectivity index (χ3n) is 1.69. The van der Waals surface area contributed by atoms with Crippen molar-refractivity contribution in [3.63, 3.8) is 0 Å². The second kappa shape index (κ2) is 2.80. The lowest BCUT2D eigenvalue weighted by Gasteiger charge is -2.17. The first kappa shape index (κ1) is 8.16. The van der Waals surface area contributed by atoms with Gasteiger partial charge in [-0.3, -0.25) is 0 Å². The largest absolute Gasteiger partial charge is 0.328 e. The van der Waals surface area contributed by atoms with Gasteiger partial charge in [-0.15, -0.1) is 0 Å². The minimum Gasteiger partial charge on any atom is -0.328 e. The van der Waals surface area contributed by atoms with Crippen LogP contribution in [0.15, 0.2) is 35.4 Å². The smallest absolute Gasteiger partial charge is 0.0415 e. The van der Waals surface area contributed by atoms with Crippen LogP contribution in [0.4, 0.5) is 0 Å². The molecule has 4 heteroatoms. The van der Waals surface area contributed by atoms with Crippen molar-refractivity contribution < 1.29 is 0 Å². The van der Waals surface area contributed by atoms with Crippen molar-refractivity contribution in [2.45, 2.75) is 4.90 Å². The molecule has 2 rings (SSSR count). The van der Waals surface area contributed by atoms with Gasteiger partial charge in [0.15, 0.2) is 0 Å². The standard InChI is InChI=1S/C8H7NS3/c10-12(11)8-4-2-1-3-7(8)5-6-9-12/h1-6,9H. The molecule has 0 fully saturated rings. The van der Waals surface area contributed by atoms with Crippen LogP contribution in [0.3, 0.4) is 0 Å². The van der Waals surface area contributed by atoms with Crippen molar-refractivity contribution >= 4 is 35.8 Å². The number of hydrogen-bond acceptors (Lipinski definition) is 2. The van der Waals surface area contributed by atoms with E-state index in [-0.39, 0.29) is 0 Å². The van der Waals surface area contributed by atoms with E-state index in [9.17, 15) is 0 Å². The van der Waals surface area contributed by atoms with Gasteiger partial charge in [-0.2, -0.15) is 0 Å². The molecular weight excluding hydrogens is 206 g/mol. The van der Waals surface area contributed by atoms with E-state index in [0.717, 1.165) is 10.5 Å². The second-order valence-electron chi connectivity index (χ2n) is 2.49. The van der Waals surface area contributed by atoms with Crippen molar-refractivity contribution in [3.05, 3.63) is 36.0 Å². The molecule has 0 radical (unpaired) electrons. The average Bonchev–Trinajstić information content (AvgIpc) is 2.04. The number of hydrogen-bond donors (Lipinski definition) is 1. The molecule has 62 valence electrons. The predicted octanol–water partition coefficient (Wildman–Crippen LogP) is 1.61. The molecule has 1 aliphatic heterocycles. The minimum absolute atomic E-state index is 1.08. The van der Waals surface area contributed by atoms with Crippen LogP contribution in [0.1, 0.15) is 5.56 Å². The Kier molecular flexibility index (Phi) is 1.90. The first-order valence-corrected chi connectivity index (χ1v) is 6.96. The molecule has 1 aromatic rings. The highest BCUT2D eigenvalue weighted by Crippen LogP contribution is 2.20. The summed E-state index contributed by atoms with van der Waals surface area (Å²) in [5.41, 5.74) is 1.15. The molecule has 1 aromatic carbocycles. The van der Waals surface area contributed by atoms with Gasteiger partial charge in [0.1, 0.15) is 0 Å². The Balaban J connectivity index is 2.77. The zero-order valence-electron chi connectivity index (χ0n) is 6.19. The van der Waals surface area contributed by atoms with Gasteiger partial charge in [0.05, 0.1) is 0 Å². The molecule has 1 N–H and O–H groups in total.